The molecule has 3 aromatic rings. The number of anilines is 1. The number of nitrogens with zero attached hydrogens (tertiary/aromatic N) is 4. The molecule has 10 heteroatoms. The van der Waals surface area contributed by atoms with Crippen LogP contribution in [-0.2, 0) is 13.1 Å². The third kappa shape index (κ3) is 6.55. The maximum Gasteiger partial charge on any atom is 0.422 e. The van der Waals surface area contributed by atoms with Crippen molar-refractivity contribution in [2.75, 3.05) is 44.2 Å². The first kappa shape index (κ1) is 27.1. The van der Waals surface area contributed by atoms with Crippen molar-refractivity contribution in [2.45, 2.75) is 39.0 Å². The largest absolute Gasteiger partial charge is 0.482 e. The van der Waals surface area contributed by atoms with Gasteiger partial charge in [0.2, 0.25) is 0 Å². The van der Waals surface area contributed by atoms with Gasteiger partial charge in [0.1, 0.15) is 5.75 Å². The summed E-state index contributed by atoms with van der Waals surface area (Å²) >= 11 is 0. The minimum Gasteiger partial charge on any atom is -0.482 e. The fourth-order valence-corrected chi connectivity index (χ4v) is 5.33. The molecular weight excluding hydrogens is 509 g/mol. The van der Waals surface area contributed by atoms with Gasteiger partial charge in [-0.3, -0.25) is 18.8 Å². The predicted octanol–water partition coefficient (Wildman–Crippen LogP) is 3.91. The van der Waals surface area contributed by atoms with E-state index in [1.165, 1.54) is 4.57 Å². The van der Waals surface area contributed by atoms with Crippen molar-refractivity contribution in [3.05, 3.63) is 92.8 Å². The fraction of sp³-hybridized carbons (Fsp3) is 0.448. The average Bonchev–Trinajstić information content (AvgIpc) is 3.68. The lowest BCUT2D eigenvalue weighted by Gasteiger charge is -2.38. The molecule has 0 unspecified atom stereocenters. The normalized spacial score (nSPS) is 17.3. The van der Waals surface area contributed by atoms with Crippen LogP contribution < -0.4 is 20.9 Å². The standard InChI is InChI=1S/C29H33F3N4O3/c1-22-17-35(18-23-7-3-2-4-8-23)27(38)36(26(22)37)20-28(11-12-28)19-33-13-15-34(16-14-33)24-9-5-6-10-25(24)39-21-29(30,31)32/h2-10,17H,11-16,18-21H2,1H3. The number of halogens is 3. The quantitative estimate of drug-likeness (QED) is 0.411. The molecule has 5 rings (SSSR count). The molecule has 1 aliphatic heterocycles. The predicted molar refractivity (Wildman–Crippen MR) is 144 cm³/mol. The molecule has 1 aliphatic carbocycles. The molecule has 7 nitrogen and oxygen atoms in total. The second-order valence-corrected chi connectivity index (χ2v) is 10.7. The van der Waals surface area contributed by atoms with Crippen molar-refractivity contribution >= 4 is 5.69 Å². The van der Waals surface area contributed by atoms with Crippen LogP contribution in [0, 0.1) is 12.3 Å². The molecule has 2 aliphatic rings. The van der Waals surface area contributed by atoms with Crippen molar-refractivity contribution < 1.29 is 17.9 Å². The molecule has 0 atom stereocenters. The van der Waals surface area contributed by atoms with Crippen LogP contribution in [0.5, 0.6) is 5.75 Å². The van der Waals surface area contributed by atoms with Gasteiger partial charge in [-0.25, -0.2) is 4.79 Å². The molecule has 1 aromatic heterocycles. The van der Waals surface area contributed by atoms with Gasteiger partial charge in [-0.05, 0) is 37.5 Å². The molecule has 2 heterocycles. The van der Waals surface area contributed by atoms with Gasteiger partial charge in [-0.1, -0.05) is 42.5 Å². The van der Waals surface area contributed by atoms with Crippen molar-refractivity contribution in [3.8, 4) is 5.75 Å². The second kappa shape index (κ2) is 10.9. The summed E-state index contributed by atoms with van der Waals surface area (Å²) in [6.45, 7) is 4.75. The second-order valence-electron chi connectivity index (χ2n) is 10.7. The van der Waals surface area contributed by atoms with Crippen LogP contribution in [0.25, 0.3) is 0 Å². The van der Waals surface area contributed by atoms with E-state index in [4.69, 9.17) is 4.74 Å². The molecule has 0 bridgehead atoms. The van der Waals surface area contributed by atoms with Crippen LogP contribution in [0.1, 0.15) is 24.0 Å². The van der Waals surface area contributed by atoms with E-state index >= 15 is 0 Å². The molecule has 0 radical (unpaired) electrons. The summed E-state index contributed by atoms with van der Waals surface area (Å²) < 4.78 is 46.2. The summed E-state index contributed by atoms with van der Waals surface area (Å²) in [6, 6.07) is 16.5. The van der Waals surface area contributed by atoms with Gasteiger partial charge < -0.3 is 9.64 Å². The number of alkyl halides is 3. The SMILES string of the molecule is Cc1cn(Cc2ccccc2)c(=O)n(CC2(CN3CCN(c4ccccc4OCC(F)(F)F)CC3)CC2)c1=O. The number of rotatable bonds is 9. The number of ether oxygens (including phenoxy) is 1. The van der Waals surface area contributed by atoms with E-state index in [1.54, 1.807) is 42.0 Å². The Hall–Kier alpha value is -3.53. The number of hydrogen-bond acceptors (Lipinski definition) is 5. The summed E-state index contributed by atoms with van der Waals surface area (Å²) in [7, 11) is 0. The molecule has 39 heavy (non-hydrogen) atoms. The molecular formula is C29H33F3N4O3. The highest BCUT2D eigenvalue weighted by molar-refractivity contribution is 5.58. The number of aryl methyl sites for hydroxylation is 1. The maximum absolute atomic E-state index is 13.3. The number of benzene rings is 2. The zero-order chi connectivity index (χ0) is 27.6. The number of hydrogen-bond donors (Lipinski definition) is 0. The molecule has 2 fully saturated rings. The zero-order valence-corrected chi connectivity index (χ0v) is 22.0. The number of para-hydroxylation sites is 2. The van der Waals surface area contributed by atoms with Gasteiger partial charge >= 0.3 is 11.9 Å². The van der Waals surface area contributed by atoms with E-state index in [1.807, 2.05) is 30.3 Å². The summed E-state index contributed by atoms with van der Waals surface area (Å²) in [5, 5.41) is 0. The van der Waals surface area contributed by atoms with Crippen molar-refractivity contribution in [3.63, 3.8) is 0 Å². The molecule has 0 spiro atoms. The maximum atomic E-state index is 13.3. The molecule has 0 N–H and O–H groups in total. The number of aromatic nitrogens is 2. The highest BCUT2D eigenvalue weighted by atomic mass is 19.4. The Morgan fingerprint density at radius 1 is 0.897 bits per heavy atom. The van der Waals surface area contributed by atoms with E-state index in [0.29, 0.717) is 37.4 Å². The Morgan fingerprint density at radius 2 is 1.56 bits per heavy atom. The monoisotopic (exact) mass is 542 g/mol. The lowest BCUT2D eigenvalue weighted by molar-refractivity contribution is -0.153. The van der Waals surface area contributed by atoms with E-state index < -0.39 is 12.8 Å². The lowest BCUT2D eigenvalue weighted by Crippen LogP contribution is -2.50. The molecule has 1 saturated carbocycles. The van der Waals surface area contributed by atoms with Crippen LogP contribution in [0.15, 0.2) is 70.4 Å². The zero-order valence-electron chi connectivity index (χ0n) is 22.0. The summed E-state index contributed by atoms with van der Waals surface area (Å²) in [4.78, 5) is 30.7. The first-order chi connectivity index (χ1) is 18.6. The smallest absolute Gasteiger partial charge is 0.422 e. The number of piperazine rings is 1. The van der Waals surface area contributed by atoms with Crippen LogP contribution >= 0.6 is 0 Å². The Balaban J connectivity index is 1.24. The van der Waals surface area contributed by atoms with Gasteiger partial charge in [-0.15, -0.1) is 0 Å². The van der Waals surface area contributed by atoms with Crippen LogP contribution in [0.2, 0.25) is 0 Å². The van der Waals surface area contributed by atoms with Crippen LogP contribution in [0.3, 0.4) is 0 Å². The molecule has 2 aromatic carbocycles. The third-order valence-corrected chi connectivity index (χ3v) is 7.58. The van der Waals surface area contributed by atoms with Crippen molar-refractivity contribution in [1.82, 2.24) is 14.0 Å². The van der Waals surface area contributed by atoms with Crippen LogP contribution in [-0.4, -0.2) is 59.5 Å². The van der Waals surface area contributed by atoms with Gasteiger partial charge in [0.25, 0.3) is 5.56 Å². The fourth-order valence-electron chi connectivity index (χ4n) is 5.33. The van der Waals surface area contributed by atoms with Gasteiger partial charge in [0.05, 0.1) is 12.2 Å². The minimum atomic E-state index is -4.39. The van der Waals surface area contributed by atoms with E-state index in [-0.39, 0.29) is 22.4 Å². The van der Waals surface area contributed by atoms with Crippen molar-refractivity contribution in [1.29, 1.82) is 0 Å². The minimum absolute atomic E-state index is 0.128. The van der Waals surface area contributed by atoms with E-state index in [0.717, 1.165) is 38.0 Å². The molecule has 208 valence electrons. The topological polar surface area (TPSA) is 59.7 Å². The van der Waals surface area contributed by atoms with Gasteiger partial charge in [-0.2, -0.15) is 13.2 Å². The summed E-state index contributed by atoms with van der Waals surface area (Å²) in [5.74, 6) is 0.229. The average molecular weight is 543 g/mol. The highest BCUT2D eigenvalue weighted by Crippen LogP contribution is 2.47. The summed E-state index contributed by atoms with van der Waals surface area (Å²) in [6.07, 6.45) is -0.864. The Labute approximate surface area is 225 Å². The third-order valence-electron chi connectivity index (χ3n) is 7.58. The van der Waals surface area contributed by atoms with E-state index in [9.17, 15) is 22.8 Å². The van der Waals surface area contributed by atoms with E-state index in [2.05, 4.69) is 9.80 Å². The first-order valence-corrected chi connectivity index (χ1v) is 13.2. The Morgan fingerprint density at radius 3 is 2.23 bits per heavy atom. The summed E-state index contributed by atoms with van der Waals surface area (Å²) in [5.41, 5.74) is 1.54. The van der Waals surface area contributed by atoms with Crippen LogP contribution in [0.4, 0.5) is 18.9 Å². The molecule has 0 amide bonds. The highest BCUT2D eigenvalue weighted by Gasteiger charge is 2.45. The first-order valence-electron chi connectivity index (χ1n) is 13.2. The van der Waals surface area contributed by atoms with Gasteiger partial charge in [0, 0.05) is 56.4 Å². The van der Waals surface area contributed by atoms with Gasteiger partial charge in [0.15, 0.2) is 6.61 Å². The Kier molecular flexibility index (Phi) is 7.57. The Bertz CT molecular complexity index is 1410. The van der Waals surface area contributed by atoms with Crippen molar-refractivity contribution in [2.24, 2.45) is 5.41 Å². The lowest BCUT2D eigenvalue weighted by atomic mass is 10.1. The molecule has 1 saturated heterocycles.